The molecule has 69 valence electrons. The van der Waals surface area contributed by atoms with E-state index < -0.39 is 0 Å². The summed E-state index contributed by atoms with van der Waals surface area (Å²) in [4.78, 5) is 3.96. The molecule has 0 saturated carbocycles. The van der Waals surface area contributed by atoms with Crippen molar-refractivity contribution in [3.8, 4) is 16.9 Å². The standard InChI is InChI=1S/C12H10NO/c1-14-12-7-8-13-9-11(12)10-5-3-2-4-6-10/h2-8H,1H3. The predicted molar refractivity (Wildman–Crippen MR) is 55.1 cm³/mol. The van der Waals surface area contributed by atoms with Crippen LogP contribution in [-0.4, -0.2) is 12.1 Å². The zero-order valence-corrected chi connectivity index (χ0v) is 7.90. The molecule has 0 atom stereocenters. The number of aromatic nitrogens is 1. The summed E-state index contributed by atoms with van der Waals surface area (Å²) in [6, 6.07) is 11.8. The molecule has 2 nitrogen and oxygen atoms in total. The van der Waals surface area contributed by atoms with E-state index in [0.29, 0.717) is 0 Å². The van der Waals surface area contributed by atoms with Crippen molar-refractivity contribution in [1.29, 1.82) is 0 Å². The van der Waals surface area contributed by atoms with E-state index in [1.165, 1.54) is 0 Å². The number of ether oxygens (including phenoxy) is 1. The Bertz CT molecular complexity index is 412. The molecule has 0 spiro atoms. The van der Waals surface area contributed by atoms with Crippen LogP contribution in [0.1, 0.15) is 0 Å². The average Bonchev–Trinajstić information content (AvgIpc) is 2.30. The van der Waals surface area contributed by atoms with Crippen LogP contribution < -0.4 is 4.74 Å². The van der Waals surface area contributed by atoms with Gasteiger partial charge in [0.05, 0.1) is 12.7 Å². The van der Waals surface area contributed by atoms with Crippen molar-refractivity contribution >= 4 is 0 Å². The first-order valence-corrected chi connectivity index (χ1v) is 4.38. The fraction of sp³-hybridized carbons (Fsp3) is 0.0833. The van der Waals surface area contributed by atoms with Gasteiger partial charge in [0.1, 0.15) is 11.9 Å². The van der Waals surface area contributed by atoms with Gasteiger partial charge in [-0.15, -0.1) is 0 Å². The van der Waals surface area contributed by atoms with E-state index in [1.807, 2.05) is 36.4 Å². The first-order valence-electron chi connectivity index (χ1n) is 4.38. The molecule has 1 heterocycles. The van der Waals surface area contributed by atoms with Gasteiger partial charge in [-0.05, 0) is 11.6 Å². The summed E-state index contributed by atoms with van der Waals surface area (Å²) in [5.74, 6) is 0.797. The molecule has 0 N–H and O–H groups in total. The Labute approximate surface area is 83.2 Å². The minimum atomic E-state index is 0.797. The van der Waals surface area contributed by atoms with E-state index in [4.69, 9.17) is 4.74 Å². The molecule has 0 aliphatic carbocycles. The van der Waals surface area contributed by atoms with Crippen LogP contribution in [0.3, 0.4) is 0 Å². The highest BCUT2D eigenvalue weighted by molar-refractivity contribution is 5.68. The molecule has 2 rings (SSSR count). The lowest BCUT2D eigenvalue weighted by atomic mass is 10.1. The first kappa shape index (κ1) is 8.75. The Hall–Kier alpha value is -1.83. The molecular weight excluding hydrogens is 174 g/mol. The molecule has 1 radical (unpaired) electrons. The molecule has 0 saturated heterocycles. The van der Waals surface area contributed by atoms with Gasteiger partial charge in [-0.1, -0.05) is 30.3 Å². The van der Waals surface area contributed by atoms with Crippen LogP contribution in [0.2, 0.25) is 0 Å². The highest BCUT2D eigenvalue weighted by Gasteiger charge is 2.04. The molecule has 1 aromatic carbocycles. The Morgan fingerprint density at radius 1 is 1.14 bits per heavy atom. The maximum Gasteiger partial charge on any atom is 0.130 e. The maximum absolute atomic E-state index is 5.23. The van der Waals surface area contributed by atoms with E-state index in [2.05, 4.69) is 11.2 Å². The normalized spacial score (nSPS) is 9.79. The monoisotopic (exact) mass is 184 g/mol. The lowest BCUT2D eigenvalue weighted by Crippen LogP contribution is -1.88. The van der Waals surface area contributed by atoms with E-state index in [1.54, 1.807) is 13.3 Å². The second-order valence-corrected chi connectivity index (χ2v) is 2.87. The Morgan fingerprint density at radius 3 is 2.64 bits per heavy atom. The fourth-order valence-corrected chi connectivity index (χ4v) is 1.33. The van der Waals surface area contributed by atoms with Gasteiger partial charge < -0.3 is 4.74 Å². The predicted octanol–water partition coefficient (Wildman–Crippen LogP) is 2.56. The zero-order chi connectivity index (χ0) is 9.80. The summed E-state index contributed by atoms with van der Waals surface area (Å²) < 4.78 is 5.23. The highest BCUT2D eigenvalue weighted by atomic mass is 16.5. The van der Waals surface area contributed by atoms with Crippen LogP contribution in [0.4, 0.5) is 0 Å². The molecule has 0 aliphatic heterocycles. The Balaban J connectivity index is 2.51. The molecular formula is C12H10NO. The van der Waals surface area contributed by atoms with Gasteiger partial charge in [0.25, 0.3) is 0 Å². The van der Waals surface area contributed by atoms with Crippen molar-refractivity contribution in [2.24, 2.45) is 0 Å². The largest absolute Gasteiger partial charge is 0.496 e. The summed E-state index contributed by atoms with van der Waals surface area (Å²) in [6.07, 6.45) is 4.60. The number of hydrogen-bond acceptors (Lipinski definition) is 2. The Morgan fingerprint density at radius 2 is 1.93 bits per heavy atom. The van der Waals surface area contributed by atoms with Crippen LogP contribution in [0.5, 0.6) is 5.75 Å². The molecule has 0 fully saturated rings. The van der Waals surface area contributed by atoms with Gasteiger partial charge in [0.15, 0.2) is 0 Å². The van der Waals surface area contributed by atoms with Crippen molar-refractivity contribution in [2.45, 2.75) is 0 Å². The third-order valence-electron chi connectivity index (χ3n) is 2.01. The summed E-state index contributed by atoms with van der Waals surface area (Å²) >= 11 is 0. The molecule has 2 aromatic rings. The van der Waals surface area contributed by atoms with Crippen molar-refractivity contribution in [2.75, 3.05) is 7.11 Å². The lowest BCUT2D eigenvalue weighted by Gasteiger charge is -2.06. The van der Waals surface area contributed by atoms with Gasteiger partial charge in [-0.3, -0.25) is 4.98 Å². The van der Waals surface area contributed by atoms with Crippen LogP contribution in [0.25, 0.3) is 11.1 Å². The SMILES string of the molecule is COc1ccn[c]c1-c1ccccc1. The van der Waals surface area contributed by atoms with E-state index in [-0.39, 0.29) is 0 Å². The smallest absolute Gasteiger partial charge is 0.130 e. The summed E-state index contributed by atoms with van der Waals surface area (Å²) in [6.45, 7) is 0. The van der Waals surface area contributed by atoms with Crippen LogP contribution >= 0.6 is 0 Å². The number of rotatable bonds is 2. The number of benzene rings is 1. The summed E-state index contributed by atoms with van der Waals surface area (Å²) in [5, 5.41) is 0. The average molecular weight is 184 g/mol. The molecule has 0 bridgehead atoms. The summed E-state index contributed by atoms with van der Waals surface area (Å²) in [5.41, 5.74) is 1.97. The van der Waals surface area contributed by atoms with E-state index in [9.17, 15) is 0 Å². The van der Waals surface area contributed by atoms with Gasteiger partial charge in [0, 0.05) is 6.20 Å². The number of methoxy groups -OCH3 is 1. The van der Waals surface area contributed by atoms with Gasteiger partial charge >= 0.3 is 0 Å². The van der Waals surface area contributed by atoms with Gasteiger partial charge in [-0.25, -0.2) is 0 Å². The summed E-state index contributed by atoms with van der Waals surface area (Å²) in [7, 11) is 1.65. The van der Waals surface area contributed by atoms with E-state index in [0.717, 1.165) is 16.9 Å². The van der Waals surface area contributed by atoms with E-state index >= 15 is 0 Å². The quantitative estimate of drug-likeness (QED) is 0.715. The van der Waals surface area contributed by atoms with Gasteiger partial charge in [-0.2, -0.15) is 0 Å². The number of pyridine rings is 1. The molecule has 0 amide bonds. The third kappa shape index (κ3) is 1.59. The van der Waals surface area contributed by atoms with Crippen LogP contribution in [0, 0.1) is 6.20 Å². The molecule has 0 aliphatic rings. The van der Waals surface area contributed by atoms with Crippen molar-refractivity contribution in [1.82, 2.24) is 4.98 Å². The molecule has 1 aromatic heterocycles. The maximum atomic E-state index is 5.23. The van der Waals surface area contributed by atoms with Crippen LogP contribution in [-0.2, 0) is 0 Å². The molecule has 0 unspecified atom stereocenters. The third-order valence-corrected chi connectivity index (χ3v) is 2.01. The van der Waals surface area contributed by atoms with Crippen LogP contribution in [0.15, 0.2) is 42.6 Å². The second-order valence-electron chi connectivity index (χ2n) is 2.87. The second kappa shape index (κ2) is 3.92. The highest BCUT2D eigenvalue weighted by Crippen LogP contribution is 2.27. The number of hydrogen-bond donors (Lipinski definition) is 0. The number of nitrogens with zero attached hydrogens (tertiary/aromatic N) is 1. The van der Waals surface area contributed by atoms with Crippen molar-refractivity contribution < 1.29 is 4.74 Å². The fourth-order valence-electron chi connectivity index (χ4n) is 1.33. The molecule has 2 heteroatoms. The minimum Gasteiger partial charge on any atom is -0.496 e. The minimum absolute atomic E-state index is 0.797. The Kier molecular flexibility index (Phi) is 2.45. The van der Waals surface area contributed by atoms with Crippen molar-refractivity contribution in [3.05, 3.63) is 48.8 Å². The first-order chi connectivity index (χ1) is 6.92. The lowest BCUT2D eigenvalue weighted by molar-refractivity contribution is 0.416. The topological polar surface area (TPSA) is 22.1 Å². The van der Waals surface area contributed by atoms with Crippen molar-refractivity contribution in [3.63, 3.8) is 0 Å². The van der Waals surface area contributed by atoms with Gasteiger partial charge in [0.2, 0.25) is 0 Å². The zero-order valence-electron chi connectivity index (χ0n) is 7.90. The molecule has 14 heavy (non-hydrogen) atoms.